The van der Waals surface area contributed by atoms with Crippen LogP contribution in [0.5, 0.6) is 0 Å². The van der Waals surface area contributed by atoms with E-state index in [-0.39, 0.29) is 5.54 Å². The van der Waals surface area contributed by atoms with Crippen molar-refractivity contribution in [2.24, 2.45) is 12.8 Å². The summed E-state index contributed by atoms with van der Waals surface area (Å²) in [6, 6.07) is 2.03. The first kappa shape index (κ1) is 11.9. The summed E-state index contributed by atoms with van der Waals surface area (Å²) in [5, 5.41) is 4.15. The second-order valence-corrected chi connectivity index (χ2v) is 4.89. The van der Waals surface area contributed by atoms with Crippen LogP contribution in [0.15, 0.2) is 24.8 Å². The van der Waals surface area contributed by atoms with Crippen LogP contribution in [0.25, 0.3) is 0 Å². The van der Waals surface area contributed by atoms with E-state index in [2.05, 4.69) is 14.6 Å². The average molecular weight is 233 g/mol. The summed E-state index contributed by atoms with van der Waals surface area (Å²) < 4.78 is 4.00. The fraction of sp³-hybridized carbons (Fsp3) is 0.500. The maximum absolute atomic E-state index is 6.10. The Kier molecular flexibility index (Phi) is 3.02. The summed E-state index contributed by atoms with van der Waals surface area (Å²) in [5.74, 6) is 0. The van der Waals surface area contributed by atoms with Crippen LogP contribution in [0.4, 0.5) is 0 Å². The molecule has 5 nitrogen and oxygen atoms in total. The van der Waals surface area contributed by atoms with Crippen molar-refractivity contribution < 1.29 is 0 Å². The van der Waals surface area contributed by atoms with Gasteiger partial charge in [-0.25, -0.2) is 4.98 Å². The number of imidazole rings is 1. The predicted octanol–water partition coefficient (Wildman–Crippen LogP) is 1.05. The van der Waals surface area contributed by atoms with Gasteiger partial charge in [-0.3, -0.25) is 4.68 Å². The van der Waals surface area contributed by atoms with Gasteiger partial charge >= 0.3 is 0 Å². The molecule has 0 aliphatic carbocycles. The molecule has 2 rings (SSSR count). The van der Waals surface area contributed by atoms with E-state index in [1.807, 2.05) is 50.4 Å². The van der Waals surface area contributed by atoms with E-state index in [1.165, 1.54) is 5.69 Å². The first-order chi connectivity index (χ1) is 7.98. The zero-order chi connectivity index (χ0) is 12.5. The quantitative estimate of drug-likeness (QED) is 0.858. The van der Waals surface area contributed by atoms with Crippen molar-refractivity contribution in [1.29, 1.82) is 0 Å². The molecule has 2 aromatic rings. The Bertz CT molecular complexity index is 489. The van der Waals surface area contributed by atoms with E-state index < -0.39 is 0 Å². The Balaban J connectivity index is 2.10. The molecule has 0 saturated carbocycles. The van der Waals surface area contributed by atoms with Gasteiger partial charge in [-0.05, 0) is 19.9 Å². The van der Waals surface area contributed by atoms with Gasteiger partial charge in [0.1, 0.15) is 0 Å². The summed E-state index contributed by atoms with van der Waals surface area (Å²) in [6.45, 7) is 4.85. The van der Waals surface area contributed by atoms with Crippen LogP contribution < -0.4 is 5.73 Å². The molecule has 2 heterocycles. The number of hydrogen-bond acceptors (Lipinski definition) is 3. The lowest BCUT2D eigenvalue weighted by atomic mass is 10.0. The highest BCUT2D eigenvalue weighted by atomic mass is 15.3. The topological polar surface area (TPSA) is 61.7 Å². The number of aryl methyl sites for hydroxylation is 3. The summed E-state index contributed by atoms with van der Waals surface area (Å²) in [4.78, 5) is 4.17. The van der Waals surface area contributed by atoms with Gasteiger partial charge in [0.2, 0.25) is 0 Å². The van der Waals surface area contributed by atoms with Crippen LogP contribution in [0, 0.1) is 0 Å². The second kappa shape index (κ2) is 4.33. The number of nitrogens with zero attached hydrogens (tertiary/aromatic N) is 4. The third-order valence-electron chi connectivity index (χ3n) is 2.90. The fourth-order valence-corrected chi connectivity index (χ4v) is 1.92. The van der Waals surface area contributed by atoms with Crippen LogP contribution >= 0.6 is 0 Å². The average Bonchev–Trinajstić information content (AvgIpc) is 2.82. The van der Waals surface area contributed by atoms with Crippen LogP contribution in [0.2, 0.25) is 0 Å². The van der Waals surface area contributed by atoms with E-state index in [0.29, 0.717) is 0 Å². The van der Waals surface area contributed by atoms with Gasteiger partial charge in [-0.2, -0.15) is 5.10 Å². The molecule has 0 radical (unpaired) electrons. The molecule has 0 unspecified atom stereocenters. The Morgan fingerprint density at radius 2 is 2.18 bits per heavy atom. The fourth-order valence-electron chi connectivity index (χ4n) is 1.92. The molecule has 92 valence electrons. The molecule has 5 heteroatoms. The van der Waals surface area contributed by atoms with E-state index in [4.69, 9.17) is 5.73 Å². The molecule has 0 atom stereocenters. The van der Waals surface area contributed by atoms with Crippen molar-refractivity contribution in [1.82, 2.24) is 19.3 Å². The maximum atomic E-state index is 6.10. The van der Waals surface area contributed by atoms with Crippen molar-refractivity contribution in [3.63, 3.8) is 0 Å². The van der Waals surface area contributed by atoms with Crippen LogP contribution in [-0.2, 0) is 25.6 Å². The largest absolute Gasteiger partial charge is 0.333 e. The SMILES string of the molecule is Cn1nccc1CCn1cncc1C(C)(C)N. The molecular formula is C12H19N5. The molecule has 0 saturated heterocycles. The summed E-state index contributed by atoms with van der Waals surface area (Å²) in [5.41, 5.74) is 8.01. The van der Waals surface area contributed by atoms with E-state index >= 15 is 0 Å². The van der Waals surface area contributed by atoms with Crippen LogP contribution in [0.1, 0.15) is 25.2 Å². The molecule has 0 aromatic carbocycles. The van der Waals surface area contributed by atoms with Crippen molar-refractivity contribution in [3.05, 3.63) is 36.2 Å². The molecule has 17 heavy (non-hydrogen) atoms. The van der Waals surface area contributed by atoms with Gasteiger partial charge in [0.05, 0.1) is 17.6 Å². The third-order valence-corrected chi connectivity index (χ3v) is 2.90. The highest BCUT2D eigenvalue weighted by molar-refractivity contribution is 5.10. The summed E-state index contributed by atoms with van der Waals surface area (Å²) in [6.07, 6.45) is 6.41. The number of hydrogen-bond donors (Lipinski definition) is 1. The Hall–Kier alpha value is -1.62. The van der Waals surface area contributed by atoms with Crippen molar-refractivity contribution in [2.75, 3.05) is 0 Å². The monoisotopic (exact) mass is 233 g/mol. The number of nitrogens with two attached hydrogens (primary N) is 1. The minimum absolute atomic E-state index is 0.358. The van der Waals surface area contributed by atoms with Gasteiger partial charge in [0, 0.05) is 38.1 Å². The highest BCUT2D eigenvalue weighted by Crippen LogP contribution is 2.16. The maximum Gasteiger partial charge on any atom is 0.0948 e. The molecule has 0 fully saturated rings. The van der Waals surface area contributed by atoms with Crippen LogP contribution in [0.3, 0.4) is 0 Å². The highest BCUT2D eigenvalue weighted by Gasteiger charge is 2.18. The normalized spacial score (nSPS) is 12.0. The molecule has 0 aliphatic heterocycles. The van der Waals surface area contributed by atoms with Gasteiger partial charge in [-0.15, -0.1) is 0 Å². The van der Waals surface area contributed by atoms with Crippen LogP contribution in [-0.4, -0.2) is 19.3 Å². The smallest absolute Gasteiger partial charge is 0.0948 e. The molecular weight excluding hydrogens is 214 g/mol. The van der Waals surface area contributed by atoms with Gasteiger partial charge < -0.3 is 10.3 Å². The molecule has 0 bridgehead atoms. The lowest BCUT2D eigenvalue weighted by Crippen LogP contribution is -2.31. The van der Waals surface area contributed by atoms with E-state index in [0.717, 1.165) is 18.7 Å². The van der Waals surface area contributed by atoms with Crippen molar-refractivity contribution >= 4 is 0 Å². The standard InChI is InChI=1S/C12H19N5/c1-12(2,13)11-8-14-9-17(11)7-5-10-4-6-15-16(10)3/h4,6,8-9H,5,7,13H2,1-3H3. The molecule has 0 aliphatic rings. The van der Waals surface area contributed by atoms with E-state index in [1.54, 1.807) is 0 Å². The summed E-state index contributed by atoms with van der Waals surface area (Å²) >= 11 is 0. The van der Waals surface area contributed by atoms with Crippen molar-refractivity contribution in [2.45, 2.75) is 32.4 Å². The molecule has 0 spiro atoms. The number of aromatic nitrogens is 4. The summed E-state index contributed by atoms with van der Waals surface area (Å²) in [7, 11) is 1.96. The second-order valence-electron chi connectivity index (χ2n) is 4.89. The molecule has 0 amide bonds. The lowest BCUT2D eigenvalue weighted by Gasteiger charge is -2.20. The van der Waals surface area contributed by atoms with Gasteiger partial charge in [0.15, 0.2) is 0 Å². The molecule has 2 aromatic heterocycles. The molecule has 2 N–H and O–H groups in total. The first-order valence-corrected chi connectivity index (χ1v) is 5.75. The zero-order valence-corrected chi connectivity index (χ0v) is 10.6. The zero-order valence-electron chi connectivity index (χ0n) is 10.6. The van der Waals surface area contributed by atoms with E-state index in [9.17, 15) is 0 Å². The predicted molar refractivity (Wildman–Crippen MR) is 66.4 cm³/mol. The van der Waals surface area contributed by atoms with Gasteiger partial charge in [-0.1, -0.05) is 0 Å². The Morgan fingerprint density at radius 3 is 2.76 bits per heavy atom. The van der Waals surface area contributed by atoms with Gasteiger partial charge in [0.25, 0.3) is 0 Å². The Morgan fingerprint density at radius 1 is 1.41 bits per heavy atom. The van der Waals surface area contributed by atoms with Crippen molar-refractivity contribution in [3.8, 4) is 0 Å². The minimum Gasteiger partial charge on any atom is -0.333 e. The first-order valence-electron chi connectivity index (χ1n) is 5.75. The Labute approximate surface area is 101 Å². The third kappa shape index (κ3) is 2.55. The lowest BCUT2D eigenvalue weighted by molar-refractivity contribution is 0.488. The number of rotatable bonds is 4. The minimum atomic E-state index is -0.358.